The molecular formula is C14H17N3O4. The third kappa shape index (κ3) is 3.50. The summed E-state index contributed by atoms with van der Waals surface area (Å²) in [6, 6.07) is 4.17. The maximum absolute atomic E-state index is 11.7. The summed E-state index contributed by atoms with van der Waals surface area (Å²) >= 11 is 0. The lowest BCUT2D eigenvalue weighted by Crippen LogP contribution is -2.47. The molecule has 0 saturated carbocycles. The zero-order valence-corrected chi connectivity index (χ0v) is 11.6. The lowest BCUT2D eigenvalue weighted by molar-refractivity contribution is -0.133. The highest BCUT2D eigenvalue weighted by Crippen LogP contribution is 2.23. The molecule has 1 aliphatic rings. The van der Waals surface area contributed by atoms with Crippen LogP contribution in [0.5, 0.6) is 0 Å². The Labute approximate surface area is 121 Å². The summed E-state index contributed by atoms with van der Waals surface area (Å²) < 4.78 is 4.89. The summed E-state index contributed by atoms with van der Waals surface area (Å²) in [5, 5.41) is 5.24. The Hall–Kier alpha value is -2.57. The van der Waals surface area contributed by atoms with E-state index in [2.05, 4.69) is 10.6 Å². The third-order valence-corrected chi connectivity index (χ3v) is 3.13. The number of anilines is 2. The number of hydrogen-bond donors (Lipinski definition) is 3. The van der Waals surface area contributed by atoms with Gasteiger partial charge in [-0.3, -0.25) is 14.9 Å². The Bertz CT molecular complexity index is 586. The van der Waals surface area contributed by atoms with E-state index in [1.807, 2.05) is 0 Å². The molecule has 1 saturated heterocycles. The van der Waals surface area contributed by atoms with E-state index in [4.69, 9.17) is 10.5 Å². The minimum Gasteiger partial charge on any atom is -0.462 e. The van der Waals surface area contributed by atoms with E-state index in [1.165, 1.54) is 6.07 Å². The number of piperidine rings is 1. The Morgan fingerprint density at radius 1 is 1.48 bits per heavy atom. The molecule has 1 atom stereocenters. The second-order valence-electron chi connectivity index (χ2n) is 4.67. The van der Waals surface area contributed by atoms with Gasteiger partial charge in [0, 0.05) is 6.42 Å². The highest BCUT2D eigenvalue weighted by atomic mass is 16.5. The number of imide groups is 1. The van der Waals surface area contributed by atoms with Crippen LogP contribution in [0.25, 0.3) is 0 Å². The minimum absolute atomic E-state index is 0.274. The number of ether oxygens (including phenoxy) is 1. The van der Waals surface area contributed by atoms with E-state index in [0.717, 1.165) is 0 Å². The molecule has 1 aromatic rings. The van der Waals surface area contributed by atoms with Crippen molar-refractivity contribution in [3.05, 3.63) is 23.8 Å². The number of nitrogens with one attached hydrogen (secondary N) is 2. The van der Waals surface area contributed by atoms with E-state index >= 15 is 0 Å². The van der Waals surface area contributed by atoms with E-state index in [0.29, 0.717) is 23.4 Å². The number of esters is 1. The normalized spacial score (nSPS) is 18.0. The van der Waals surface area contributed by atoms with Gasteiger partial charge < -0.3 is 15.8 Å². The van der Waals surface area contributed by atoms with Crippen molar-refractivity contribution in [2.75, 3.05) is 17.7 Å². The maximum atomic E-state index is 11.7. The van der Waals surface area contributed by atoms with E-state index in [9.17, 15) is 14.4 Å². The average molecular weight is 291 g/mol. The van der Waals surface area contributed by atoms with Crippen molar-refractivity contribution in [1.29, 1.82) is 0 Å². The predicted molar refractivity (Wildman–Crippen MR) is 76.6 cm³/mol. The summed E-state index contributed by atoms with van der Waals surface area (Å²) in [6.45, 7) is 2.01. The van der Waals surface area contributed by atoms with Gasteiger partial charge in [0.2, 0.25) is 11.8 Å². The second kappa shape index (κ2) is 6.25. The summed E-state index contributed by atoms with van der Waals surface area (Å²) in [5.41, 5.74) is 7.10. The summed E-state index contributed by atoms with van der Waals surface area (Å²) in [6.07, 6.45) is 0.688. The van der Waals surface area contributed by atoms with Gasteiger partial charge in [-0.1, -0.05) is 0 Å². The van der Waals surface area contributed by atoms with Gasteiger partial charge in [0.25, 0.3) is 0 Å². The smallest absolute Gasteiger partial charge is 0.338 e. The van der Waals surface area contributed by atoms with Gasteiger partial charge >= 0.3 is 5.97 Å². The summed E-state index contributed by atoms with van der Waals surface area (Å²) in [4.78, 5) is 34.3. The van der Waals surface area contributed by atoms with Crippen LogP contribution in [0.2, 0.25) is 0 Å². The minimum atomic E-state index is -0.515. The largest absolute Gasteiger partial charge is 0.462 e. The molecule has 112 valence electrons. The van der Waals surface area contributed by atoms with E-state index < -0.39 is 12.0 Å². The second-order valence-corrected chi connectivity index (χ2v) is 4.67. The van der Waals surface area contributed by atoms with Crippen LogP contribution in [0.1, 0.15) is 30.1 Å². The van der Waals surface area contributed by atoms with Gasteiger partial charge in [0.05, 0.1) is 23.5 Å². The van der Waals surface area contributed by atoms with Crippen molar-refractivity contribution in [1.82, 2.24) is 5.32 Å². The number of amides is 2. The van der Waals surface area contributed by atoms with Gasteiger partial charge in [-0.25, -0.2) is 4.79 Å². The fraction of sp³-hybridized carbons (Fsp3) is 0.357. The molecule has 1 unspecified atom stereocenters. The molecule has 0 bridgehead atoms. The number of benzene rings is 1. The molecule has 2 rings (SSSR count). The van der Waals surface area contributed by atoms with Crippen LogP contribution in [0.4, 0.5) is 11.4 Å². The summed E-state index contributed by atoms with van der Waals surface area (Å²) in [7, 11) is 0. The Balaban J connectivity index is 2.09. The quantitative estimate of drug-likeness (QED) is 0.427. The van der Waals surface area contributed by atoms with Crippen LogP contribution in [0.3, 0.4) is 0 Å². The Morgan fingerprint density at radius 2 is 2.24 bits per heavy atom. The number of nitrogen functional groups attached to an aromatic ring is 1. The Kier molecular flexibility index (Phi) is 4.42. The number of rotatable bonds is 4. The molecule has 1 aromatic carbocycles. The van der Waals surface area contributed by atoms with Crippen molar-refractivity contribution in [2.24, 2.45) is 0 Å². The number of nitrogens with two attached hydrogens (primary N) is 1. The molecular weight excluding hydrogens is 274 g/mol. The van der Waals surface area contributed by atoms with Gasteiger partial charge in [-0.05, 0) is 31.5 Å². The monoisotopic (exact) mass is 291 g/mol. The topological polar surface area (TPSA) is 111 Å². The lowest BCUT2D eigenvalue weighted by Gasteiger charge is -2.23. The SMILES string of the molecule is CCOC(=O)c1ccc(NC2CCC(=O)NC2=O)c(N)c1. The molecule has 21 heavy (non-hydrogen) atoms. The predicted octanol–water partition coefficient (Wildman–Crippen LogP) is 0.663. The molecule has 1 fully saturated rings. The standard InChI is InChI=1S/C14H17N3O4/c1-2-21-14(20)8-3-4-10(9(15)7-8)16-11-5-6-12(18)17-13(11)19/h3-4,7,11,16H,2,5-6,15H2,1H3,(H,17,18,19). The van der Waals surface area contributed by atoms with E-state index in [1.54, 1.807) is 19.1 Å². The van der Waals surface area contributed by atoms with Crippen LogP contribution in [0.15, 0.2) is 18.2 Å². The van der Waals surface area contributed by atoms with Crippen molar-refractivity contribution in [3.8, 4) is 0 Å². The number of carbonyl (C=O) groups excluding carboxylic acids is 3. The molecule has 1 aliphatic heterocycles. The number of carbonyl (C=O) groups is 3. The first-order valence-electron chi connectivity index (χ1n) is 6.68. The van der Waals surface area contributed by atoms with Crippen LogP contribution in [-0.2, 0) is 14.3 Å². The van der Waals surface area contributed by atoms with Crippen molar-refractivity contribution in [3.63, 3.8) is 0 Å². The van der Waals surface area contributed by atoms with Crippen molar-refractivity contribution in [2.45, 2.75) is 25.8 Å². The number of hydrogen-bond acceptors (Lipinski definition) is 6. The molecule has 7 nitrogen and oxygen atoms in total. The van der Waals surface area contributed by atoms with Gasteiger partial charge in [0.15, 0.2) is 0 Å². The highest BCUT2D eigenvalue weighted by molar-refractivity contribution is 6.01. The lowest BCUT2D eigenvalue weighted by atomic mass is 10.1. The molecule has 0 aliphatic carbocycles. The fourth-order valence-corrected chi connectivity index (χ4v) is 2.05. The third-order valence-electron chi connectivity index (χ3n) is 3.13. The first-order valence-corrected chi connectivity index (χ1v) is 6.68. The molecule has 7 heteroatoms. The molecule has 0 aromatic heterocycles. The molecule has 0 spiro atoms. The van der Waals surface area contributed by atoms with E-state index in [-0.39, 0.29) is 24.8 Å². The Morgan fingerprint density at radius 3 is 2.86 bits per heavy atom. The van der Waals surface area contributed by atoms with Gasteiger partial charge in [-0.15, -0.1) is 0 Å². The fourth-order valence-electron chi connectivity index (χ4n) is 2.05. The van der Waals surface area contributed by atoms with Crippen LogP contribution >= 0.6 is 0 Å². The first-order chi connectivity index (χ1) is 10.0. The van der Waals surface area contributed by atoms with Crippen molar-refractivity contribution >= 4 is 29.2 Å². The molecule has 1 heterocycles. The van der Waals surface area contributed by atoms with Crippen molar-refractivity contribution < 1.29 is 19.1 Å². The molecule has 4 N–H and O–H groups in total. The van der Waals surface area contributed by atoms with Gasteiger partial charge in [-0.2, -0.15) is 0 Å². The van der Waals surface area contributed by atoms with Crippen LogP contribution in [-0.4, -0.2) is 30.4 Å². The van der Waals surface area contributed by atoms with Crippen LogP contribution in [0, 0.1) is 0 Å². The molecule has 2 amide bonds. The van der Waals surface area contributed by atoms with Gasteiger partial charge in [0.1, 0.15) is 6.04 Å². The molecule has 0 radical (unpaired) electrons. The zero-order valence-electron chi connectivity index (χ0n) is 11.6. The summed E-state index contributed by atoms with van der Waals surface area (Å²) in [5.74, 6) is -1.10. The first kappa shape index (κ1) is 14.8. The van der Waals surface area contributed by atoms with Crippen LogP contribution < -0.4 is 16.4 Å². The highest BCUT2D eigenvalue weighted by Gasteiger charge is 2.26. The average Bonchev–Trinajstić information content (AvgIpc) is 2.44. The maximum Gasteiger partial charge on any atom is 0.338 e. The zero-order chi connectivity index (χ0) is 15.4.